The SMILES string of the molecule is C[C@@H]([NH2+]CC(=O)NNC(=O)c1ccco1)c1ccccc1. The molecule has 1 atom stereocenters. The quantitative estimate of drug-likeness (QED) is 0.694. The number of benzene rings is 1. The first-order valence-corrected chi connectivity index (χ1v) is 6.68. The third-order valence-corrected chi connectivity index (χ3v) is 3.04. The van der Waals surface area contributed by atoms with Gasteiger partial charge in [0.15, 0.2) is 12.3 Å². The Morgan fingerprint density at radius 2 is 1.90 bits per heavy atom. The molecular weight excluding hydrogens is 270 g/mol. The van der Waals surface area contributed by atoms with E-state index in [2.05, 4.69) is 10.9 Å². The predicted octanol–water partition coefficient (Wildman–Crippen LogP) is 0.365. The molecule has 0 saturated heterocycles. The molecule has 0 aliphatic rings. The Kier molecular flexibility index (Phi) is 5.11. The zero-order valence-electron chi connectivity index (χ0n) is 11.7. The largest absolute Gasteiger partial charge is 0.459 e. The lowest BCUT2D eigenvalue weighted by molar-refractivity contribution is -0.682. The van der Waals surface area contributed by atoms with Gasteiger partial charge in [0, 0.05) is 5.56 Å². The van der Waals surface area contributed by atoms with Gasteiger partial charge in [0.1, 0.15) is 6.04 Å². The minimum atomic E-state index is -0.482. The maximum Gasteiger partial charge on any atom is 0.305 e. The van der Waals surface area contributed by atoms with Crippen molar-refractivity contribution in [2.24, 2.45) is 0 Å². The van der Waals surface area contributed by atoms with Crippen molar-refractivity contribution in [1.29, 1.82) is 0 Å². The van der Waals surface area contributed by atoms with Crippen LogP contribution in [0.4, 0.5) is 0 Å². The monoisotopic (exact) mass is 288 g/mol. The summed E-state index contributed by atoms with van der Waals surface area (Å²) >= 11 is 0. The Hall–Kier alpha value is -2.60. The summed E-state index contributed by atoms with van der Waals surface area (Å²) in [7, 11) is 0. The van der Waals surface area contributed by atoms with Gasteiger partial charge in [-0.25, -0.2) is 0 Å². The zero-order chi connectivity index (χ0) is 15.1. The van der Waals surface area contributed by atoms with E-state index in [9.17, 15) is 9.59 Å². The van der Waals surface area contributed by atoms with Gasteiger partial charge in [-0.15, -0.1) is 0 Å². The summed E-state index contributed by atoms with van der Waals surface area (Å²) in [6.07, 6.45) is 1.39. The van der Waals surface area contributed by atoms with Crippen LogP contribution in [0.1, 0.15) is 29.1 Å². The van der Waals surface area contributed by atoms with E-state index in [1.807, 2.05) is 42.6 Å². The van der Waals surface area contributed by atoms with Crippen LogP contribution in [0.5, 0.6) is 0 Å². The number of furan rings is 1. The van der Waals surface area contributed by atoms with Crippen LogP contribution in [-0.4, -0.2) is 18.4 Å². The third-order valence-electron chi connectivity index (χ3n) is 3.04. The molecule has 0 saturated carbocycles. The molecule has 0 fully saturated rings. The van der Waals surface area contributed by atoms with Crippen LogP contribution in [0.15, 0.2) is 53.1 Å². The average molecular weight is 288 g/mol. The molecule has 6 nitrogen and oxygen atoms in total. The first-order valence-electron chi connectivity index (χ1n) is 6.68. The maximum absolute atomic E-state index is 11.7. The lowest BCUT2D eigenvalue weighted by Crippen LogP contribution is -2.87. The third kappa shape index (κ3) is 4.47. The Morgan fingerprint density at radius 1 is 1.14 bits per heavy atom. The Morgan fingerprint density at radius 3 is 2.57 bits per heavy atom. The van der Waals surface area contributed by atoms with Crippen molar-refractivity contribution in [3.63, 3.8) is 0 Å². The van der Waals surface area contributed by atoms with E-state index in [1.165, 1.54) is 12.3 Å². The van der Waals surface area contributed by atoms with Crippen LogP contribution in [-0.2, 0) is 4.79 Å². The fraction of sp³-hybridized carbons (Fsp3) is 0.200. The van der Waals surface area contributed by atoms with Crippen LogP contribution in [0.2, 0.25) is 0 Å². The van der Waals surface area contributed by atoms with Crippen LogP contribution in [0, 0.1) is 0 Å². The smallest absolute Gasteiger partial charge is 0.305 e. The molecule has 4 N–H and O–H groups in total. The van der Waals surface area contributed by atoms with Gasteiger partial charge in [0.05, 0.1) is 6.26 Å². The standard InChI is InChI=1S/C15H17N3O3/c1-11(12-6-3-2-4-7-12)16-10-14(19)17-18-15(20)13-8-5-9-21-13/h2-9,11,16H,10H2,1H3,(H,17,19)(H,18,20)/p+1/t11-/m1/s1. The predicted molar refractivity (Wildman–Crippen MR) is 76.0 cm³/mol. The molecule has 0 bridgehead atoms. The maximum atomic E-state index is 11.7. The minimum Gasteiger partial charge on any atom is -0.459 e. The molecule has 0 spiro atoms. The number of quaternary nitrogens is 1. The van der Waals surface area contributed by atoms with Crippen molar-refractivity contribution in [3.05, 3.63) is 60.1 Å². The molecule has 0 aliphatic carbocycles. The van der Waals surface area contributed by atoms with Gasteiger partial charge < -0.3 is 9.73 Å². The van der Waals surface area contributed by atoms with E-state index in [0.717, 1.165) is 5.56 Å². The number of rotatable bonds is 5. The number of nitrogens with two attached hydrogens (primary N) is 1. The molecule has 1 aromatic heterocycles. The van der Waals surface area contributed by atoms with E-state index in [4.69, 9.17) is 4.42 Å². The van der Waals surface area contributed by atoms with Crippen molar-refractivity contribution in [3.8, 4) is 0 Å². The van der Waals surface area contributed by atoms with Gasteiger partial charge in [-0.3, -0.25) is 20.4 Å². The number of hydrogen-bond acceptors (Lipinski definition) is 3. The number of hydrogen-bond donors (Lipinski definition) is 3. The second-order valence-electron chi connectivity index (χ2n) is 4.62. The summed E-state index contributed by atoms with van der Waals surface area (Å²) in [4.78, 5) is 23.2. The highest BCUT2D eigenvalue weighted by atomic mass is 16.3. The summed E-state index contributed by atoms with van der Waals surface area (Å²) in [5.74, 6) is -0.612. The molecule has 2 amide bonds. The fourth-order valence-corrected chi connectivity index (χ4v) is 1.82. The number of hydrazine groups is 1. The molecule has 0 unspecified atom stereocenters. The lowest BCUT2D eigenvalue weighted by Gasteiger charge is -2.11. The van der Waals surface area contributed by atoms with Gasteiger partial charge in [-0.2, -0.15) is 0 Å². The molecule has 21 heavy (non-hydrogen) atoms. The fourth-order valence-electron chi connectivity index (χ4n) is 1.82. The summed E-state index contributed by atoms with van der Waals surface area (Å²) in [5.41, 5.74) is 5.79. The van der Waals surface area contributed by atoms with E-state index in [0.29, 0.717) is 0 Å². The zero-order valence-corrected chi connectivity index (χ0v) is 11.7. The van der Waals surface area contributed by atoms with Crippen molar-refractivity contribution in [1.82, 2.24) is 10.9 Å². The van der Waals surface area contributed by atoms with Crippen LogP contribution in [0.25, 0.3) is 0 Å². The van der Waals surface area contributed by atoms with Crippen molar-refractivity contribution < 1.29 is 19.3 Å². The van der Waals surface area contributed by atoms with Gasteiger partial charge in [-0.05, 0) is 19.1 Å². The minimum absolute atomic E-state index is 0.150. The van der Waals surface area contributed by atoms with E-state index in [1.54, 1.807) is 6.07 Å². The normalized spacial score (nSPS) is 11.7. The second-order valence-corrected chi connectivity index (χ2v) is 4.62. The van der Waals surface area contributed by atoms with Crippen LogP contribution >= 0.6 is 0 Å². The molecule has 1 aromatic carbocycles. The van der Waals surface area contributed by atoms with Crippen molar-refractivity contribution in [2.45, 2.75) is 13.0 Å². The Labute approximate surface area is 122 Å². The van der Waals surface area contributed by atoms with Gasteiger partial charge in [0.2, 0.25) is 0 Å². The number of carbonyl (C=O) groups is 2. The van der Waals surface area contributed by atoms with Crippen LogP contribution < -0.4 is 16.2 Å². The molecule has 0 radical (unpaired) electrons. The first kappa shape index (κ1) is 14.8. The highest BCUT2D eigenvalue weighted by Crippen LogP contribution is 2.05. The summed E-state index contributed by atoms with van der Waals surface area (Å²) in [6, 6.07) is 13.2. The second kappa shape index (κ2) is 7.25. The van der Waals surface area contributed by atoms with Gasteiger partial charge in [-0.1, -0.05) is 30.3 Å². The molecule has 6 heteroatoms. The lowest BCUT2D eigenvalue weighted by atomic mass is 10.1. The van der Waals surface area contributed by atoms with E-state index < -0.39 is 5.91 Å². The average Bonchev–Trinajstić information content (AvgIpc) is 3.05. The van der Waals surface area contributed by atoms with Gasteiger partial charge in [0.25, 0.3) is 5.91 Å². The highest BCUT2D eigenvalue weighted by Gasteiger charge is 2.13. The summed E-state index contributed by atoms with van der Waals surface area (Å²) in [6.45, 7) is 2.23. The molecule has 2 rings (SSSR count). The molecule has 2 aromatic rings. The van der Waals surface area contributed by atoms with E-state index >= 15 is 0 Å². The van der Waals surface area contributed by atoms with E-state index in [-0.39, 0.29) is 24.3 Å². The summed E-state index contributed by atoms with van der Waals surface area (Å²) in [5, 5.41) is 1.89. The van der Waals surface area contributed by atoms with Crippen molar-refractivity contribution in [2.75, 3.05) is 6.54 Å². The highest BCUT2D eigenvalue weighted by molar-refractivity contribution is 5.92. The van der Waals surface area contributed by atoms with Gasteiger partial charge >= 0.3 is 5.91 Å². The van der Waals surface area contributed by atoms with Crippen LogP contribution in [0.3, 0.4) is 0 Å². The topological polar surface area (TPSA) is 88.0 Å². The molecule has 110 valence electrons. The van der Waals surface area contributed by atoms with Crippen molar-refractivity contribution >= 4 is 11.8 Å². The Bertz CT molecular complexity index is 581. The Balaban J connectivity index is 1.71. The molecular formula is C15H18N3O3+. The summed E-state index contributed by atoms with van der Waals surface area (Å²) < 4.78 is 4.91. The number of carbonyl (C=O) groups excluding carboxylic acids is 2. The molecule has 1 heterocycles. The number of nitrogens with one attached hydrogen (secondary N) is 2. The number of amides is 2. The first-order chi connectivity index (χ1) is 10.2. The molecule has 0 aliphatic heterocycles.